The maximum atomic E-state index is 11.8. The Bertz CT molecular complexity index is 670. The van der Waals surface area contributed by atoms with Crippen LogP contribution in [-0.2, 0) is 4.79 Å². The molecule has 0 atom stereocenters. The number of benzene rings is 2. The van der Waals surface area contributed by atoms with Gasteiger partial charge in [-0.15, -0.1) is 0 Å². The summed E-state index contributed by atoms with van der Waals surface area (Å²) in [5, 5.41) is 0. The average Bonchev–Trinajstić information content (AvgIpc) is 2.51. The lowest BCUT2D eigenvalue weighted by Gasteiger charge is -2.05. The number of hydrogen-bond acceptors (Lipinski definition) is 3. The highest BCUT2D eigenvalue weighted by atomic mass is 16.5. The van der Waals surface area contributed by atoms with Gasteiger partial charge in [0.2, 0.25) is 0 Å². The molecule has 0 aliphatic carbocycles. The Morgan fingerprint density at radius 3 is 2.32 bits per heavy atom. The lowest BCUT2D eigenvalue weighted by molar-refractivity contribution is -0.128. The van der Waals surface area contributed by atoms with E-state index >= 15 is 0 Å². The normalized spacial score (nSPS) is 10.7. The Kier molecular flexibility index (Phi) is 5.37. The summed E-state index contributed by atoms with van der Waals surface area (Å²) in [5.74, 6) is 0.985. The van der Waals surface area contributed by atoms with E-state index in [4.69, 9.17) is 9.47 Å². The number of carbonyl (C=O) groups is 1. The Balaban J connectivity index is 1.97. The molecule has 0 unspecified atom stereocenters. The molecule has 0 radical (unpaired) electrons. The molecule has 0 aliphatic rings. The van der Waals surface area contributed by atoms with Gasteiger partial charge in [0.25, 0.3) is 0 Å². The highest BCUT2D eigenvalue weighted by Gasteiger charge is 2.02. The third-order valence-corrected chi connectivity index (χ3v) is 3.30. The molecule has 0 amide bonds. The molecule has 0 heterocycles. The molecule has 22 heavy (non-hydrogen) atoms. The van der Waals surface area contributed by atoms with Gasteiger partial charge in [-0.25, -0.2) is 4.79 Å². The van der Waals surface area contributed by atoms with Crippen LogP contribution in [0.4, 0.5) is 0 Å². The molecule has 0 bridgehead atoms. The van der Waals surface area contributed by atoms with E-state index in [0.717, 1.165) is 16.9 Å². The number of aryl methyl sites for hydroxylation is 2. The molecule has 2 aromatic rings. The minimum Gasteiger partial charge on any atom is -0.494 e. The van der Waals surface area contributed by atoms with Crippen LogP contribution in [0.25, 0.3) is 6.08 Å². The summed E-state index contributed by atoms with van der Waals surface area (Å²) in [4.78, 5) is 11.8. The van der Waals surface area contributed by atoms with Crippen molar-refractivity contribution in [3.63, 3.8) is 0 Å². The van der Waals surface area contributed by atoms with Crippen molar-refractivity contribution in [1.29, 1.82) is 0 Å². The van der Waals surface area contributed by atoms with Gasteiger partial charge in [0, 0.05) is 6.08 Å². The smallest absolute Gasteiger partial charge is 0.336 e. The average molecular weight is 296 g/mol. The van der Waals surface area contributed by atoms with Gasteiger partial charge < -0.3 is 9.47 Å². The van der Waals surface area contributed by atoms with Crippen LogP contribution in [0.3, 0.4) is 0 Å². The van der Waals surface area contributed by atoms with Crippen molar-refractivity contribution < 1.29 is 14.3 Å². The fourth-order valence-electron chi connectivity index (χ4n) is 1.93. The van der Waals surface area contributed by atoms with Gasteiger partial charge in [0.1, 0.15) is 11.5 Å². The van der Waals surface area contributed by atoms with Crippen molar-refractivity contribution in [2.24, 2.45) is 0 Å². The molecule has 0 saturated carbocycles. The van der Waals surface area contributed by atoms with Gasteiger partial charge in [-0.2, -0.15) is 0 Å². The van der Waals surface area contributed by atoms with E-state index in [1.807, 2.05) is 57.2 Å². The van der Waals surface area contributed by atoms with Gasteiger partial charge in [0.15, 0.2) is 0 Å². The maximum Gasteiger partial charge on any atom is 0.336 e. The fourth-order valence-corrected chi connectivity index (χ4v) is 1.93. The van der Waals surface area contributed by atoms with E-state index in [-0.39, 0.29) is 0 Å². The lowest BCUT2D eigenvalue weighted by atomic mass is 10.1. The standard InChI is InChI=1S/C19H20O3/c1-4-21-17-10-6-16(7-11-17)8-12-19(20)22-18-9-5-14(2)15(3)13-18/h5-13H,4H2,1-3H3/b12-8+. The molecule has 114 valence electrons. The van der Waals surface area contributed by atoms with Crippen LogP contribution >= 0.6 is 0 Å². The number of hydrogen-bond donors (Lipinski definition) is 0. The maximum absolute atomic E-state index is 11.8. The quantitative estimate of drug-likeness (QED) is 0.468. The summed E-state index contributed by atoms with van der Waals surface area (Å²) in [6, 6.07) is 13.1. The van der Waals surface area contributed by atoms with E-state index in [1.54, 1.807) is 12.1 Å². The molecule has 2 aromatic carbocycles. The van der Waals surface area contributed by atoms with E-state index < -0.39 is 5.97 Å². The zero-order valence-corrected chi connectivity index (χ0v) is 13.1. The van der Waals surface area contributed by atoms with Gasteiger partial charge >= 0.3 is 5.97 Å². The summed E-state index contributed by atoms with van der Waals surface area (Å²) in [7, 11) is 0. The lowest BCUT2D eigenvalue weighted by Crippen LogP contribution is -2.03. The third kappa shape index (κ3) is 4.48. The van der Waals surface area contributed by atoms with Gasteiger partial charge in [-0.05, 0) is 67.8 Å². The van der Waals surface area contributed by atoms with E-state index in [9.17, 15) is 4.79 Å². The zero-order chi connectivity index (χ0) is 15.9. The first-order valence-corrected chi connectivity index (χ1v) is 7.28. The molecule has 0 aromatic heterocycles. The first-order chi connectivity index (χ1) is 10.6. The predicted molar refractivity (Wildman–Crippen MR) is 88.2 cm³/mol. The summed E-state index contributed by atoms with van der Waals surface area (Å²) >= 11 is 0. The second-order valence-electron chi connectivity index (χ2n) is 5.00. The van der Waals surface area contributed by atoms with Crippen LogP contribution in [0.2, 0.25) is 0 Å². The molecule has 0 fully saturated rings. The highest BCUT2D eigenvalue weighted by Crippen LogP contribution is 2.17. The fraction of sp³-hybridized carbons (Fsp3) is 0.211. The van der Waals surface area contributed by atoms with Gasteiger partial charge in [-0.3, -0.25) is 0 Å². The number of ether oxygens (including phenoxy) is 2. The molecule has 0 N–H and O–H groups in total. The number of esters is 1. The first-order valence-electron chi connectivity index (χ1n) is 7.28. The van der Waals surface area contributed by atoms with Crippen molar-refractivity contribution in [2.45, 2.75) is 20.8 Å². The SMILES string of the molecule is CCOc1ccc(/C=C/C(=O)Oc2ccc(C)c(C)c2)cc1. The number of rotatable bonds is 5. The Morgan fingerprint density at radius 1 is 1.00 bits per heavy atom. The van der Waals surface area contributed by atoms with Crippen LogP contribution in [0.1, 0.15) is 23.6 Å². The molecular weight excluding hydrogens is 276 g/mol. The van der Waals surface area contributed by atoms with E-state index in [2.05, 4.69) is 0 Å². The van der Waals surface area contributed by atoms with Gasteiger partial charge in [0.05, 0.1) is 6.61 Å². The van der Waals surface area contributed by atoms with E-state index in [0.29, 0.717) is 12.4 Å². The van der Waals surface area contributed by atoms with Crippen molar-refractivity contribution in [2.75, 3.05) is 6.61 Å². The van der Waals surface area contributed by atoms with Crippen LogP contribution in [0, 0.1) is 13.8 Å². The minimum atomic E-state index is -0.392. The van der Waals surface area contributed by atoms with Crippen LogP contribution in [0.15, 0.2) is 48.5 Å². The molecule has 2 rings (SSSR count). The third-order valence-electron chi connectivity index (χ3n) is 3.30. The van der Waals surface area contributed by atoms with E-state index in [1.165, 1.54) is 11.6 Å². The topological polar surface area (TPSA) is 35.5 Å². The molecule has 3 heteroatoms. The van der Waals surface area contributed by atoms with Crippen molar-refractivity contribution >= 4 is 12.0 Å². The van der Waals surface area contributed by atoms with Crippen molar-refractivity contribution in [3.8, 4) is 11.5 Å². The Labute approximate surface area is 131 Å². The van der Waals surface area contributed by atoms with Crippen molar-refractivity contribution in [3.05, 3.63) is 65.2 Å². The Hall–Kier alpha value is -2.55. The Morgan fingerprint density at radius 2 is 1.68 bits per heavy atom. The largest absolute Gasteiger partial charge is 0.494 e. The predicted octanol–water partition coefficient (Wildman–Crippen LogP) is 4.32. The second-order valence-corrected chi connectivity index (χ2v) is 5.00. The zero-order valence-electron chi connectivity index (χ0n) is 13.1. The van der Waals surface area contributed by atoms with Crippen LogP contribution in [-0.4, -0.2) is 12.6 Å². The molecule has 0 aliphatic heterocycles. The summed E-state index contributed by atoms with van der Waals surface area (Å²) in [5.41, 5.74) is 3.19. The molecule has 0 spiro atoms. The monoisotopic (exact) mass is 296 g/mol. The summed E-state index contributed by atoms with van der Waals surface area (Å²) in [6.07, 6.45) is 3.14. The first kappa shape index (κ1) is 15.8. The number of carbonyl (C=O) groups excluding carboxylic acids is 1. The van der Waals surface area contributed by atoms with Gasteiger partial charge in [-0.1, -0.05) is 18.2 Å². The highest BCUT2D eigenvalue weighted by molar-refractivity contribution is 5.88. The second kappa shape index (κ2) is 7.46. The van der Waals surface area contributed by atoms with Crippen LogP contribution < -0.4 is 9.47 Å². The van der Waals surface area contributed by atoms with Crippen LogP contribution in [0.5, 0.6) is 11.5 Å². The van der Waals surface area contributed by atoms with Crippen molar-refractivity contribution in [1.82, 2.24) is 0 Å². The molecular formula is C19H20O3. The molecule has 3 nitrogen and oxygen atoms in total. The summed E-state index contributed by atoms with van der Waals surface area (Å²) in [6.45, 7) is 6.59. The molecule has 0 saturated heterocycles. The minimum absolute atomic E-state index is 0.392. The summed E-state index contributed by atoms with van der Waals surface area (Å²) < 4.78 is 10.7.